The summed E-state index contributed by atoms with van der Waals surface area (Å²) in [7, 11) is 0. The Kier molecular flexibility index (Phi) is 4.49. The molecule has 4 heterocycles. The molecule has 4 nitrogen and oxygen atoms in total. The molecule has 0 spiro atoms. The van der Waals surface area contributed by atoms with Gasteiger partial charge in [0.05, 0.1) is 16.6 Å². The topological polar surface area (TPSA) is 35.6 Å². The Balaban J connectivity index is 1.50. The van der Waals surface area contributed by atoms with Gasteiger partial charge >= 0.3 is 0 Å². The fourth-order valence-corrected chi connectivity index (χ4v) is 5.67. The zero-order valence-electron chi connectivity index (χ0n) is 20.5. The maximum atomic E-state index is 5.39. The first-order valence-corrected chi connectivity index (χ1v) is 12.8. The normalized spacial score (nSPS) is 11.7. The Labute approximate surface area is 219 Å². The minimum absolute atomic E-state index is 0.903. The number of aromatic nitrogens is 4. The van der Waals surface area contributed by atoms with Gasteiger partial charge in [0.25, 0.3) is 0 Å². The van der Waals surface area contributed by atoms with Gasteiger partial charge < -0.3 is 0 Å². The van der Waals surface area contributed by atoms with Crippen molar-refractivity contribution in [2.45, 2.75) is 0 Å². The average Bonchev–Trinajstić information content (AvgIpc) is 3.49. The molecule has 0 atom stereocenters. The number of hydrogen-bond acceptors (Lipinski definition) is 2. The first-order valence-electron chi connectivity index (χ1n) is 12.8. The lowest BCUT2D eigenvalue weighted by Crippen LogP contribution is -1.99. The van der Waals surface area contributed by atoms with E-state index in [1.165, 1.54) is 16.5 Å². The molecule has 4 heteroatoms. The Morgan fingerprint density at radius 3 is 1.97 bits per heavy atom. The second-order valence-corrected chi connectivity index (χ2v) is 9.54. The van der Waals surface area contributed by atoms with E-state index in [1.54, 1.807) is 0 Å². The third-order valence-corrected chi connectivity index (χ3v) is 7.35. The summed E-state index contributed by atoms with van der Waals surface area (Å²) in [5.74, 6) is 0. The Hall–Kier alpha value is -5.22. The highest BCUT2D eigenvalue weighted by atomic mass is 15.1. The molecule has 4 aromatic carbocycles. The van der Waals surface area contributed by atoms with Crippen LogP contribution in [0.3, 0.4) is 0 Å². The molecular formula is C34H22N4. The fourth-order valence-electron chi connectivity index (χ4n) is 5.67. The van der Waals surface area contributed by atoms with Crippen LogP contribution >= 0.6 is 0 Å². The summed E-state index contributed by atoms with van der Waals surface area (Å²) in [4.78, 5) is 10.2. The van der Waals surface area contributed by atoms with Gasteiger partial charge in [-0.1, -0.05) is 78.9 Å². The van der Waals surface area contributed by atoms with Crippen LogP contribution in [0.4, 0.5) is 0 Å². The van der Waals surface area contributed by atoms with Crippen LogP contribution in [-0.4, -0.2) is 19.1 Å². The van der Waals surface area contributed by atoms with Crippen molar-refractivity contribution in [1.29, 1.82) is 0 Å². The highest BCUT2D eigenvalue weighted by Gasteiger charge is 2.20. The van der Waals surface area contributed by atoms with Crippen molar-refractivity contribution in [1.82, 2.24) is 19.1 Å². The molecule has 8 rings (SSSR count). The Bertz CT molecular complexity index is 2120. The lowest BCUT2D eigenvalue weighted by Gasteiger charge is -2.10. The molecule has 0 amide bonds. The summed E-state index contributed by atoms with van der Waals surface area (Å²) in [5.41, 5.74) is 9.52. The van der Waals surface area contributed by atoms with Crippen LogP contribution in [0, 0.1) is 0 Å². The summed E-state index contributed by atoms with van der Waals surface area (Å²) >= 11 is 0. The minimum atomic E-state index is 0.903. The number of nitrogens with zero attached hydrogens (tertiary/aromatic N) is 4. The van der Waals surface area contributed by atoms with Crippen LogP contribution in [0.1, 0.15) is 0 Å². The first kappa shape index (κ1) is 20.9. The van der Waals surface area contributed by atoms with Crippen LogP contribution < -0.4 is 0 Å². The maximum Gasteiger partial charge on any atom is 0.149 e. The van der Waals surface area contributed by atoms with E-state index < -0.39 is 0 Å². The largest absolute Gasteiger partial charge is 0.294 e. The molecule has 0 saturated heterocycles. The molecule has 0 aliphatic rings. The van der Waals surface area contributed by atoms with E-state index in [0.29, 0.717) is 0 Å². The molecule has 4 aromatic heterocycles. The van der Waals surface area contributed by atoms with Gasteiger partial charge in [-0.2, -0.15) is 0 Å². The van der Waals surface area contributed by atoms with Crippen LogP contribution in [-0.2, 0) is 0 Å². The minimum Gasteiger partial charge on any atom is -0.294 e. The number of para-hydroxylation sites is 2. The van der Waals surface area contributed by atoms with Gasteiger partial charge in [-0.15, -0.1) is 0 Å². The maximum absolute atomic E-state index is 5.39. The van der Waals surface area contributed by atoms with E-state index in [2.05, 4.69) is 124 Å². The molecule has 0 N–H and O–H groups in total. The van der Waals surface area contributed by atoms with Crippen LogP contribution in [0.2, 0.25) is 0 Å². The summed E-state index contributed by atoms with van der Waals surface area (Å²) in [6.45, 7) is 0. The molecule has 0 radical (unpaired) electrons. The molecule has 0 aliphatic carbocycles. The highest BCUT2D eigenvalue weighted by Crippen LogP contribution is 2.37. The summed E-state index contributed by atoms with van der Waals surface area (Å²) in [6.07, 6.45) is 1.86. The molecule has 8 aromatic rings. The predicted octanol–water partition coefficient (Wildman–Crippen LogP) is 8.34. The van der Waals surface area contributed by atoms with Gasteiger partial charge in [-0.25, -0.2) is 4.98 Å². The quantitative estimate of drug-likeness (QED) is 0.252. The molecule has 0 aliphatic heterocycles. The number of fused-ring (bicyclic) bond motifs is 6. The van der Waals surface area contributed by atoms with Gasteiger partial charge in [0.2, 0.25) is 0 Å². The number of hydrogen-bond donors (Lipinski definition) is 0. The van der Waals surface area contributed by atoms with Gasteiger partial charge in [0, 0.05) is 33.7 Å². The van der Waals surface area contributed by atoms with Gasteiger partial charge in [-0.3, -0.25) is 14.1 Å². The molecular weight excluding hydrogens is 464 g/mol. The Morgan fingerprint density at radius 1 is 0.447 bits per heavy atom. The van der Waals surface area contributed by atoms with Crippen molar-refractivity contribution in [2.75, 3.05) is 0 Å². The molecule has 0 saturated carbocycles. The SMILES string of the molecule is c1ccc(-c2cccc(-n3c4ccccc4c4cc5c6ncccc6n(-c6ccccc6)c5nc43)c2)cc1. The molecule has 0 unspecified atom stereocenters. The van der Waals surface area contributed by atoms with Crippen molar-refractivity contribution < 1.29 is 0 Å². The fraction of sp³-hybridized carbons (Fsp3) is 0. The van der Waals surface area contributed by atoms with Gasteiger partial charge in [0.15, 0.2) is 0 Å². The smallest absolute Gasteiger partial charge is 0.149 e. The second-order valence-electron chi connectivity index (χ2n) is 9.54. The zero-order valence-corrected chi connectivity index (χ0v) is 20.5. The van der Waals surface area contributed by atoms with E-state index in [4.69, 9.17) is 9.97 Å². The van der Waals surface area contributed by atoms with Crippen molar-refractivity contribution in [3.63, 3.8) is 0 Å². The molecule has 38 heavy (non-hydrogen) atoms. The van der Waals surface area contributed by atoms with E-state index >= 15 is 0 Å². The second kappa shape index (κ2) is 8.15. The summed E-state index contributed by atoms with van der Waals surface area (Å²) < 4.78 is 4.51. The van der Waals surface area contributed by atoms with Crippen molar-refractivity contribution in [3.8, 4) is 22.5 Å². The third-order valence-electron chi connectivity index (χ3n) is 7.35. The lowest BCUT2D eigenvalue weighted by molar-refractivity contribution is 1.11. The van der Waals surface area contributed by atoms with E-state index in [-0.39, 0.29) is 0 Å². The van der Waals surface area contributed by atoms with Gasteiger partial charge in [0.1, 0.15) is 11.3 Å². The molecule has 0 bridgehead atoms. The molecule has 0 fully saturated rings. The molecule has 178 valence electrons. The third kappa shape index (κ3) is 3.04. The van der Waals surface area contributed by atoms with E-state index in [0.717, 1.165) is 50.0 Å². The summed E-state index contributed by atoms with van der Waals surface area (Å²) in [6, 6.07) is 44.6. The standard InChI is InChI=1S/C34H22N4/c1-3-11-23(12-4-1)24-13-9-16-26(21-24)38-30-18-8-7-17-27(30)28-22-29-32-31(19-10-20-35-32)37(34(29)36-33(28)38)25-14-5-2-6-15-25/h1-22H. The van der Waals surface area contributed by atoms with Gasteiger partial charge in [-0.05, 0) is 59.7 Å². The monoisotopic (exact) mass is 486 g/mol. The Morgan fingerprint density at radius 2 is 1.11 bits per heavy atom. The number of pyridine rings is 2. The lowest BCUT2D eigenvalue weighted by atomic mass is 10.1. The average molecular weight is 487 g/mol. The summed E-state index contributed by atoms with van der Waals surface area (Å²) in [5, 5.41) is 3.35. The van der Waals surface area contributed by atoms with Crippen LogP contribution in [0.5, 0.6) is 0 Å². The van der Waals surface area contributed by atoms with E-state index in [9.17, 15) is 0 Å². The van der Waals surface area contributed by atoms with Crippen LogP contribution in [0.25, 0.3) is 66.5 Å². The van der Waals surface area contributed by atoms with Crippen molar-refractivity contribution in [3.05, 3.63) is 134 Å². The number of rotatable bonds is 3. The van der Waals surface area contributed by atoms with Crippen LogP contribution in [0.15, 0.2) is 134 Å². The number of benzene rings is 4. The predicted molar refractivity (Wildman–Crippen MR) is 156 cm³/mol. The first-order chi connectivity index (χ1) is 18.9. The highest BCUT2D eigenvalue weighted by molar-refractivity contribution is 6.15. The zero-order chi connectivity index (χ0) is 25.1. The van der Waals surface area contributed by atoms with Crippen molar-refractivity contribution in [2.24, 2.45) is 0 Å². The van der Waals surface area contributed by atoms with Crippen molar-refractivity contribution >= 4 is 44.0 Å². The van der Waals surface area contributed by atoms with E-state index in [1.807, 2.05) is 18.3 Å².